The maximum atomic E-state index is 3.85. The molecule has 0 aromatic rings. The summed E-state index contributed by atoms with van der Waals surface area (Å²) in [4.78, 5) is 0. The van der Waals surface area contributed by atoms with E-state index in [1.165, 1.54) is 12.8 Å². The van der Waals surface area contributed by atoms with E-state index in [0.717, 1.165) is 46.1 Å². The van der Waals surface area contributed by atoms with Gasteiger partial charge in [0.1, 0.15) is 16.1 Å². The minimum atomic E-state index is -1.55. The molecule has 0 atom stereocenters. The van der Waals surface area contributed by atoms with Gasteiger partial charge in [-0.2, -0.15) is 0 Å². The molecule has 0 radical (unpaired) electrons. The zero-order chi connectivity index (χ0) is 22.1. The molecule has 0 bridgehead atoms. The first-order chi connectivity index (χ1) is 12.9. The normalized spacial score (nSPS) is 12.8. The van der Waals surface area contributed by atoms with Gasteiger partial charge < -0.3 is 0 Å². The van der Waals surface area contributed by atoms with Gasteiger partial charge in [-0.25, -0.2) is 0 Å². The summed E-state index contributed by atoms with van der Waals surface area (Å²) < 4.78 is 0. The third kappa shape index (κ3) is 6.53. The van der Waals surface area contributed by atoms with E-state index in [-0.39, 0.29) is 0 Å². The van der Waals surface area contributed by atoms with Gasteiger partial charge in [-0.05, 0) is 46.1 Å². The lowest BCUT2D eigenvalue weighted by Crippen LogP contribution is -2.43. The Hall–Kier alpha value is -0.446. The van der Waals surface area contributed by atoms with E-state index in [2.05, 4.69) is 106 Å². The molecule has 0 aliphatic rings. The van der Waals surface area contributed by atoms with E-state index < -0.39 is 16.1 Å². The Morgan fingerprint density at radius 1 is 0.429 bits per heavy atom. The van der Waals surface area contributed by atoms with E-state index >= 15 is 0 Å². The van der Waals surface area contributed by atoms with Gasteiger partial charge in [-0.3, -0.25) is 0 Å². The van der Waals surface area contributed by atoms with Crippen molar-refractivity contribution in [1.82, 2.24) is 0 Å². The van der Waals surface area contributed by atoms with Gasteiger partial charge in [-0.15, -0.1) is 22.9 Å². The summed E-state index contributed by atoms with van der Waals surface area (Å²) in [5.74, 6) is 7.21. The summed E-state index contributed by atoms with van der Waals surface area (Å²) in [6.07, 6.45) is 4.48. The average Bonchev–Trinajstić information content (AvgIpc) is 2.54. The summed E-state index contributed by atoms with van der Waals surface area (Å²) in [6.45, 7) is 28.7. The quantitative estimate of drug-likeness (QED) is 0.199. The molecule has 162 valence electrons. The Morgan fingerprint density at radius 3 is 0.821 bits per heavy atom. The van der Waals surface area contributed by atoms with Crippen molar-refractivity contribution >= 4 is 16.1 Å². The summed E-state index contributed by atoms with van der Waals surface area (Å²) >= 11 is 0. The molecule has 0 heterocycles. The van der Waals surface area contributed by atoms with Crippen LogP contribution in [0.5, 0.6) is 0 Å². The van der Waals surface area contributed by atoms with Gasteiger partial charge in [0.2, 0.25) is 0 Å². The van der Waals surface area contributed by atoms with Gasteiger partial charge in [0.15, 0.2) is 0 Å². The fourth-order valence-corrected chi connectivity index (χ4v) is 16.3. The summed E-state index contributed by atoms with van der Waals surface area (Å²) in [5, 5.41) is 0. The van der Waals surface area contributed by atoms with Gasteiger partial charge >= 0.3 is 0 Å². The molecule has 0 fully saturated rings. The Kier molecular flexibility index (Phi) is 12.1. The van der Waals surface area contributed by atoms with E-state index in [1.807, 2.05) is 0 Å². The van der Waals surface area contributed by atoms with Crippen molar-refractivity contribution in [2.75, 3.05) is 0 Å². The van der Waals surface area contributed by atoms with Crippen LogP contribution in [-0.4, -0.2) is 16.1 Å². The topological polar surface area (TPSA) is 0 Å². The van der Waals surface area contributed by atoms with Crippen LogP contribution in [0.2, 0.25) is 33.2 Å². The van der Waals surface area contributed by atoms with Crippen LogP contribution in [0.4, 0.5) is 0 Å². The summed E-state index contributed by atoms with van der Waals surface area (Å²) in [5.41, 5.74) is 12.1. The molecule has 2 heteroatoms. The first-order valence-electron chi connectivity index (χ1n) is 11.9. The van der Waals surface area contributed by atoms with Crippen molar-refractivity contribution in [3.63, 3.8) is 0 Å². The Balaban J connectivity index is 4.90. The fraction of sp³-hybridized carbons (Fsp3) is 0.846. The van der Waals surface area contributed by atoms with E-state index in [9.17, 15) is 0 Å². The Bertz CT molecular complexity index is 463. The lowest BCUT2D eigenvalue weighted by molar-refractivity contribution is 0.781. The predicted molar refractivity (Wildman–Crippen MR) is 136 cm³/mol. The maximum Gasteiger partial charge on any atom is 0.145 e. The predicted octanol–water partition coefficient (Wildman–Crippen LogP) is 8.99. The van der Waals surface area contributed by atoms with E-state index in [4.69, 9.17) is 0 Å². The second-order valence-electron chi connectivity index (χ2n) is 10.6. The van der Waals surface area contributed by atoms with Crippen LogP contribution in [0.15, 0.2) is 0 Å². The van der Waals surface area contributed by atoms with E-state index in [0.29, 0.717) is 0 Å². The average molecular weight is 419 g/mol. The van der Waals surface area contributed by atoms with Crippen LogP contribution in [-0.2, 0) is 0 Å². The largest absolute Gasteiger partial charge is 0.145 e. The first-order valence-corrected chi connectivity index (χ1v) is 16.3. The molecule has 0 saturated heterocycles. The molecular formula is C26H50Si2. The molecule has 0 aromatic heterocycles. The third-order valence-corrected chi connectivity index (χ3v) is 19.9. The lowest BCUT2D eigenvalue weighted by Gasteiger charge is -2.38. The van der Waals surface area contributed by atoms with Crippen LogP contribution >= 0.6 is 0 Å². The van der Waals surface area contributed by atoms with Crippen LogP contribution in [0, 0.1) is 22.9 Å². The molecule has 0 aliphatic carbocycles. The molecule has 28 heavy (non-hydrogen) atoms. The van der Waals surface area contributed by atoms with Crippen LogP contribution < -0.4 is 0 Å². The smallest absolute Gasteiger partial charge is 0.130 e. The zero-order valence-corrected chi connectivity index (χ0v) is 23.3. The minimum Gasteiger partial charge on any atom is -0.130 e. The summed E-state index contributed by atoms with van der Waals surface area (Å²) in [7, 11) is -3.10. The molecule has 0 saturated carbocycles. The standard InChI is InChI=1S/C26H50Si2/c1-21(2)27(22(3)4,23(5)6)19-17-15-13-14-16-18-20-28(24(7)8,25(9)10)26(11)12/h21-26H,13-16H2,1-12H3. The highest BCUT2D eigenvalue weighted by atomic mass is 28.3. The van der Waals surface area contributed by atoms with Crippen molar-refractivity contribution in [2.24, 2.45) is 0 Å². The zero-order valence-electron chi connectivity index (χ0n) is 21.3. The number of hydrogen-bond acceptors (Lipinski definition) is 0. The molecule has 0 nitrogen and oxygen atoms in total. The maximum absolute atomic E-state index is 3.85. The molecule has 0 unspecified atom stereocenters. The SMILES string of the molecule is CC(C)[Si](C#CCCCCC#C[Si](C(C)C)(C(C)C)C(C)C)(C(C)C)C(C)C. The highest BCUT2D eigenvalue weighted by molar-refractivity contribution is 6.91. The molecule has 0 N–H and O–H groups in total. The second-order valence-corrected chi connectivity index (χ2v) is 21.8. The fourth-order valence-electron chi connectivity index (χ4n) is 5.72. The van der Waals surface area contributed by atoms with Gasteiger partial charge in [0, 0.05) is 12.8 Å². The highest BCUT2D eigenvalue weighted by Crippen LogP contribution is 2.41. The molecule has 0 aliphatic heterocycles. The lowest BCUT2D eigenvalue weighted by atomic mass is 10.2. The Labute approximate surface area is 181 Å². The van der Waals surface area contributed by atoms with E-state index in [1.54, 1.807) is 0 Å². The van der Waals surface area contributed by atoms with Gasteiger partial charge in [0.05, 0.1) is 0 Å². The van der Waals surface area contributed by atoms with Crippen molar-refractivity contribution < 1.29 is 0 Å². The number of hydrogen-bond donors (Lipinski definition) is 0. The van der Waals surface area contributed by atoms with Crippen molar-refractivity contribution in [3.05, 3.63) is 0 Å². The monoisotopic (exact) mass is 418 g/mol. The van der Waals surface area contributed by atoms with Crippen molar-refractivity contribution in [1.29, 1.82) is 0 Å². The van der Waals surface area contributed by atoms with Crippen molar-refractivity contribution in [3.8, 4) is 22.9 Å². The number of unbranched alkanes of at least 4 members (excludes halogenated alkanes) is 3. The third-order valence-electron chi connectivity index (χ3n) is 7.20. The number of rotatable bonds is 9. The molecular weight excluding hydrogens is 368 g/mol. The van der Waals surface area contributed by atoms with Crippen LogP contribution in [0.3, 0.4) is 0 Å². The minimum absolute atomic E-state index is 0.729. The molecule has 0 rings (SSSR count). The van der Waals surface area contributed by atoms with Gasteiger partial charge in [-0.1, -0.05) is 83.1 Å². The van der Waals surface area contributed by atoms with Gasteiger partial charge in [0.25, 0.3) is 0 Å². The van der Waals surface area contributed by atoms with Crippen molar-refractivity contribution in [2.45, 2.75) is 142 Å². The summed E-state index contributed by atoms with van der Waals surface area (Å²) in [6, 6.07) is 0. The van der Waals surface area contributed by atoms with Crippen LogP contribution in [0.1, 0.15) is 109 Å². The highest BCUT2D eigenvalue weighted by Gasteiger charge is 2.42. The Morgan fingerprint density at radius 2 is 0.643 bits per heavy atom. The second kappa shape index (κ2) is 12.3. The molecule has 0 aromatic carbocycles. The first kappa shape index (κ1) is 27.6. The van der Waals surface area contributed by atoms with Crippen LogP contribution in [0.25, 0.3) is 0 Å². The molecule has 0 amide bonds. The molecule has 0 spiro atoms.